The fourth-order valence-electron chi connectivity index (χ4n) is 2.16. The number of anilines is 1. The van der Waals surface area contributed by atoms with Crippen LogP contribution in [0.25, 0.3) is 10.2 Å². The molecule has 142 valence electrons. The number of carbonyl (C=O) groups is 1. The van der Waals surface area contributed by atoms with Gasteiger partial charge in [-0.25, -0.2) is 22.1 Å². The molecule has 3 rings (SSSR count). The SMILES string of the molecule is CN(C)S(=O)(=O)c1ccc2nc(NC(=O)COc3ccc(F)cc3)sc2c1. The summed E-state index contributed by atoms with van der Waals surface area (Å²) in [6, 6.07) is 9.90. The van der Waals surface area contributed by atoms with Crippen molar-refractivity contribution in [3.8, 4) is 5.75 Å². The highest BCUT2D eigenvalue weighted by molar-refractivity contribution is 7.89. The van der Waals surface area contributed by atoms with Crippen molar-refractivity contribution in [2.45, 2.75) is 4.90 Å². The Bertz CT molecular complexity index is 1080. The molecule has 0 spiro atoms. The van der Waals surface area contributed by atoms with Crippen molar-refractivity contribution in [2.75, 3.05) is 26.0 Å². The highest BCUT2D eigenvalue weighted by Gasteiger charge is 2.18. The second-order valence-electron chi connectivity index (χ2n) is 5.73. The monoisotopic (exact) mass is 409 g/mol. The smallest absolute Gasteiger partial charge is 0.264 e. The van der Waals surface area contributed by atoms with Crippen LogP contribution < -0.4 is 10.1 Å². The van der Waals surface area contributed by atoms with Gasteiger partial charge in [-0.15, -0.1) is 0 Å². The van der Waals surface area contributed by atoms with Crippen molar-refractivity contribution in [1.29, 1.82) is 0 Å². The minimum absolute atomic E-state index is 0.154. The molecule has 0 unspecified atom stereocenters. The van der Waals surface area contributed by atoms with E-state index in [1.807, 2.05) is 0 Å². The zero-order valence-corrected chi connectivity index (χ0v) is 16.1. The standard InChI is InChI=1S/C17H16FN3O4S2/c1-21(2)27(23,24)13-7-8-14-15(9-13)26-17(19-14)20-16(22)10-25-12-5-3-11(18)4-6-12/h3-9H,10H2,1-2H3,(H,19,20,22). The number of fused-ring (bicyclic) bond motifs is 1. The molecule has 10 heteroatoms. The third-order valence-corrected chi connectivity index (χ3v) is 6.31. The number of aromatic nitrogens is 1. The summed E-state index contributed by atoms with van der Waals surface area (Å²) in [6.07, 6.45) is 0. The molecule has 27 heavy (non-hydrogen) atoms. The Hall–Kier alpha value is -2.56. The van der Waals surface area contributed by atoms with E-state index in [1.54, 1.807) is 6.07 Å². The zero-order valence-electron chi connectivity index (χ0n) is 14.5. The maximum atomic E-state index is 12.8. The minimum Gasteiger partial charge on any atom is -0.484 e. The fourth-order valence-corrected chi connectivity index (χ4v) is 4.09. The number of carbonyl (C=O) groups excluding carboxylic acids is 1. The Morgan fingerprint density at radius 3 is 2.59 bits per heavy atom. The van der Waals surface area contributed by atoms with Crippen molar-refractivity contribution >= 4 is 42.6 Å². The summed E-state index contributed by atoms with van der Waals surface area (Å²) in [5.41, 5.74) is 0.576. The van der Waals surface area contributed by atoms with Gasteiger partial charge >= 0.3 is 0 Å². The molecule has 1 amide bonds. The number of benzene rings is 2. The van der Waals surface area contributed by atoms with Crippen LogP contribution in [0.1, 0.15) is 0 Å². The Balaban J connectivity index is 1.70. The first-order valence-electron chi connectivity index (χ1n) is 7.77. The Morgan fingerprint density at radius 2 is 1.93 bits per heavy atom. The number of ether oxygens (including phenoxy) is 1. The van der Waals surface area contributed by atoms with Crippen LogP contribution >= 0.6 is 11.3 Å². The molecule has 1 aromatic heterocycles. The largest absolute Gasteiger partial charge is 0.484 e. The predicted molar refractivity (Wildman–Crippen MR) is 101 cm³/mol. The van der Waals surface area contributed by atoms with Crippen molar-refractivity contribution in [1.82, 2.24) is 9.29 Å². The number of rotatable bonds is 6. The van der Waals surface area contributed by atoms with E-state index >= 15 is 0 Å². The quantitative estimate of drug-likeness (QED) is 0.676. The van der Waals surface area contributed by atoms with Crippen molar-refractivity contribution in [3.63, 3.8) is 0 Å². The van der Waals surface area contributed by atoms with E-state index in [4.69, 9.17) is 4.74 Å². The summed E-state index contributed by atoms with van der Waals surface area (Å²) in [5, 5.41) is 2.93. The molecule has 0 saturated heterocycles. The topological polar surface area (TPSA) is 88.6 Å². The van der Waals surface area contributed by atoms with E-state index < -0.39 is 21.7 Å². The first kappa shape index (κ1) is 19.2. The van der Waals surface area contributed by atoms with Gasteiger partial charge in [-0.3, -0.25) is 10.1 Å². The van der Waals surface area contributed by atoms with Gasteiger partial charge in [0.1, 0.15) is 11.6 Å². The predicted octanol–water partition coefficient (Wildman–Crippen LogP) is 2.70. The van der Waals surface area contributed by atoms with Gasteiger partial charge in [-0.2, -0.15) is 0 Å². The lowest BCUT2D eigenvalue weighted by atomic mass is 10.3. The van der Waals surface area contributed by atoms with Gasteiger partial charge in [0.2, 0.25) is 10.0 Å². The van der Waals surface area contributed by atoms with Crippen LogP contribution in [0.2, 0.25) is 0 Å². The van der Waals surface area contributed by atoms with Crippen LogP contribution in [0.5, 0.6) is 5.75 Å². The first-order chi connectivity index (χ1) is 12.8. The number of amides is 1. The van der Waals surface area contributed by atoms with Gasteiger partial charge < -0.3 is 4.74 Å². The second-order valence-corrected chi connectivity index (χ2v) is 8.91. The van der Waals surface area contributed by atoms with Crippen LogP contribution in [0.15, 0.2) is 47.4 Å². The lowest BCUT2D eigenvalue weighted by Crippen LogP contribution is -2.22. The van der Waals surface area contributed by atoms with Crippen LogP contribution in [0, 0.1) is 5.82 Å². The number of sulfonamides is 1. The molecule has 0 fully saturated rings. The van der Waals surface area contributed by atoms with Gasteiger partial charge in [-0.1, -0.05) is 11.3 Å². The van der Waals surface area contributed by atoms with Gasteiger partial charge in [-0.05, 0) is 42.5 Å². The molecule has 0 atom stereocenters. The highest BCUT2D eigenvalue weighted by Crippen LogP contribution is 2.28. The molecule has 1 heterocycles. The average Bonchev–Trinajstić information content (AvgIpc) is 3.02. The van der Waals surface area contributed by atoms with E-state index in [-0.39, 0.29) is 11.5 Å². The molecule has 0 aliphatic carbocycles. The first-order valence-corrected chi connectivity index (χ1v) is 10.0. The third-order valence-electron chi connectivity index (χ3n) is 3.57. The molecular formula is C17H16FN3O4S2. The number of halogens is 1. The maximum Gasteiger partial charge on any atom is 0.264 e. The number of thiazole rings is 1. The Kier molecular flexibility index (Phi) is 5.40. The lowest BCUT2D eigenvalue weighted by Gasteiger charge is -2.10. The van der Waals surface area contributed by atoms with E-state index in [9.17, 15) is 17.6 Å². The summed E-state index contributed by atoms with van der Waals surface area (Å²) in [5.74, 6) is -0.453. The highest BCUT2D eigenvalue weighted by atomic mass is 32.2. The van der Waals surface area contributed by atoms with E-state index in [0.29, 0.717) is 21.1 Å². The normalized spacial score (nSPS) is 11.7. The molecular weight excluding hydrogens is 393 g/mol. The van der Waals surface area contributed by atoms with Crippen molar-refractivity contribution < 1.29 is 22.3 Å². The maximum absolute atomic E-state index is 12.8. The average molecular weight is 409 g/mol. The molecule has 3 aromatic rings. The molecule has 2 aromatic carbocycles. The van der Waals surface area contributed by atoms with Crippen LogP contribution in [0.4, 0.5) is 9.52 Å². The molecule has 1 N–H and O–H groups in total. The molecule has 0 aliphatic rings. The Labute approximate surface area is 159 Å². The summed E-state index contributed by atoms with van der Waals surface area (Å²) in [4.78, 5) is 16.4. The fraction of sp³-hybridized carbons (Fsp3) is 0.176. The molecule has 7 nitrogen and oxygen atoms in total. The second kappa shape index (κ2) is 7.59. The summed E-state index contributed by atoms with van der Waals surface area (Å²) in [6.45, 7) is -0.262. The third kappa shape index (κ3) is 4.41. The summed E-state index contributed by atoms with van der Waals surface area (Å²) in [7, 11) is -0.632. The van der Waals surface area contributed by atoms with Gasteiger partial charge in [0.15, 0.2) is 11.7 Å². The molecule has 0 radical (unpaired) electrons. The number of nitrogens with one attached hydrogen (secondary N) is 1. The summed E-state index contributed by atoms with van der Waals surface area (Å²) >= 11 is 1.16. The minimum atomic E-state index is -3.55. The van der Waals surface area contributed by atoms with E-state index in [2.05, 4.69) is 10.3 Å². The van der Waals surface area contributed by atoms with Crippen LogP contribution in [0.3, 0.4) is 0 Å². The van der Waals surface area contributed by atoms with Crippen molar-refractivity contribution in [2.24, 2.45) is 0 Å². The van der Waals surface area contributed by atoms with E-state index in [1.165, 1.54) is 50.5 Å². The van der Waals surface area contributed by atoms with Gasteiger partial charge in [0.25, 0.3) is 5.91 Å². The molecule has 0 aliphatic heterocycles. The van der Waals surface area contributed by atoms with E-state index in [0.717, 1.165) is 15.6 Å². The van der Waals surface area contributed by atoms with Gasteiger partial charge in [0.05, 0.1) is 15.1 Å². The Morgan fingerprint density at radius 1 is 1.22 bits per heavy atom. The van der Waals surface area contributed by atoms with Crippen LogP contribution in [-0.2, 0) is 14.8 Å². The van der Waals surface area contributed by atoms with Gasteiger partial charge in [0, 0.05) is 14.1 Å². The van der Waals surface area contributed by atoms with Crippen molar-refractivity contribution in [3.05, 3.63) is 48.3 Å². The number of hydrogen-bond acceptors (Lipinski definition) is 6. The number of hydrogen-bond donors (Lipinski definition) is 1. The molecule has 0 saturated carbocycles. The zero-order chi connectivity index (χ0) is 19.6. The summed E-state index contributed by atoms with van der Waals surface area (Å²) < 4.78 is 44.3. The van der Waals surface area contributed by atoms with Crippen LogP contribution in [-0.4, -0.2) is 44.3 Å². The molecule has 0 bridgehead atoms. The number of nitrogens with zero attached hydrogens (tertiary/aromatic N) is 2. The lowest BCUT2D eigenvalue weighted by molar-refractivity contribution is -0.118.